The van der Waals surface area contributed by atoms with Crippen LogP contribution in [0.1, 0.15) is 37.5 Å². The van der Waals surface area contributed by atoms with Crippen molar-refractivity contribution in [3.8, 4) is 5.75 Å². The molecule has 5 N–H and O–H groups in total. The molecule has 0 saturated heterocycles. The second-order valence-corrected chi connectivity index (χ2v) is 8.67. The summed E-state index contributed by atoms with van der Waals surface area (Å²) in [5, 5.41) is 35.2. The summed E-state index contributed by atoms with van der Waals surface area (Å²) in [5.74, 6) is -4.66. The molecule has 9 nitrogen and oxygen atoms in total. The largest absolute Gasteiger partial charge is 0.497 e. The summed E-state index contributed by atoms with van der Waals surface area (Å²) in [4.78, 5) is 36.5. The summed E-state index contributed by atoms with van der Waals surface area (Å²) in [6.07, 6.45) is -4.12. The Bertz CT molecular complexity index is 1040. The van der Waals surface area contributed by atoms with Crippen LogP contribution in [0.25, 0.3) is 0 Å². The van der Waals surface area contributed by atoms with Gasteiger partial charge < -0.3 is 30.7 Å². The number of carboxylic acid groups (broad SMARTS) is 1. The van der Waals surface area contributed by atoms with Gasteiger partial charge in [0.15, 0.2) is 6.10 Å². The minimum atomic E-state index is -1.65. The third kappa shape index (κ3) is 8.28. The van der Waals surface area contributed by atoms with Crippen LogP contribution < -0.4 is 15.4 Å². The molecule has 2 aromatic carbocycles. The van der Waals surface area contributed by atoms with Crippen molar-refractivity contribution in [1.29, 1.82) is 0 Å². The summed E-state index contributed by atoms with van der Waals surface area (Å²) >= 11 is 0. The van der Waals surface area contributed by atoms with E-state index in [4.69, 9.17) is 4.74 Å². The van der Waals surface area contributed by atoms with Gasteiger partial charge in [-0.25, -0.2) is 13.6 Å². The number of amides is 2. The molecule has 2 amide bonds. The lowest BCUT2D eigenvalue weighted by molar-refractivity contribution is -0.143. The summed E-state index contributed by atoms with van der Waals surface area (Å²) in [6, 6.07) is 6.21. The minimum absolute atomic E-state index is 0.0850. The molecule has 0 spiro atoms. The lowest BCUT2D eigenvalue weighted by Gasteiger charge is -2.26. The summed E-state index contributed by atoms with van der Waals surface area (Å²) < 4.78 is 32.4. The molecule has 0 radical (unpaired) electrons. The topological polar surface area (TPSA) is 145 Å². The van der Waals surface area contributed by atoms with Crippen molar-refractivity contribution in [2.75, 3.05) is 7.11 Å². The predicted molar refractivity (Wildman–Crippen MR) is 125 cm³/mol. The molecule has 196 valence electrons. The zero-order chi connectivity index (χ0) is 27.0. The van der Waals surface area contributed by atoms with Crippen LogP contribution in [0.15, 0.2) is 42.5 Å². The number of carbonyl (C=O) groups excluding carboxylic acids is 2. The molecule has 0 saturated carbocycles. The van der Waals surface area contributed by atoms with Gasteiger partial charge in [-0.3, -0.25) is 9.59 Å². The number of methoxy groups -OCH3 is 1. The molecule has 0 bridgehead atoms. The Kier molecular flexibility index (Phi) is 10.3. The first-order valence-corrected chi connectivity index (χ1v) is 11.2. The number of rotatable bonds is 12. The Balaban J connectivity index is 2.21. The summed E-state index contributed by atoms with van der Waals surface area (Å²) in [5.41, 5.74) is 0.305. The average molecular weight is 509 g/mol. The number of hydrogen-bond donors (Lipinski definition) is 5. The molecule has 1 unspecified atom stereocenters. The van der Waals surface area contributed by atoms with Crippen LogP contribution in [-0.4, -0.2) is 58.4 Å². The molecule has 36 heavy (non-hydrogen) atoms. The SMILES string of the molecule is COc1ccc(C(O)C(=O)N[C@@H](Cc2cc(F)cc(F)c2)[C@@H](O)CC(=O)N[C@H](C(=O)O)C(C)C)cc1. The number of carboxylic acids is 1. The van der Waals surface area contributed by atoms with Crippen LogP contribution in [-0.2, 0) is 20.8 Å². The third-order valence-electron chi connectivity index (χ3n) is 5.49. The van der Waals surface area contributed by atoms with Crippen molar-refractivity contribution in [1.82, 2.24) is 10.6 Å². The van der Waals surface area contributed by atoms with E-state index < -0.39 is 66.0 Å². The van der Waals surface area contributed by atoms with Gasteiger partial charge in [-0.15, -0.1) is 0 Å². The average Bonchev–Trinajstić information content (AvgIpc) is 2.80. The van der Waals surface area contributed by atoms with E-state index in [9.17, 15) is 38.5 Å². The van der Waals surface area contributed by atoms with E-state index in [0.717, 1.165) is 12.1 Å². The number of nitrogens with one attached hydrogen (secondary N) is 2. The smallest absolute Gasteiger partial charge is 0.326 e. The molecular formula is C25H30F2N2O7. The molecular weight excluding hydrogens is 478 g/mol. The van der Waals surface area contributed by atoms with Crippen LogP contribution in [0.2, 0.25) is 0 Å². The fourth-order valence-corrected chi connectivity index (χ4v) is 3.54. The zero-order valence-electron chi connectivity index (χ0n) is 20.1. The van der Waals surface area contributed by atoms with Crippen molar-refractivity contribution in [3.63, 3.8) is 0 Å². The Morgan fingerprint density at radius 2 is 1.56 bits per heavy atom. The van der Waals surface area contributed by atoms with E-state index in [1.165, 1.54) is 31.4 Å². The summed E-state index contributed by atoms with van der Waals surface area (Å²) in [6.45, 7) is 3.19. The Morgan fingerprint density at radius 1 is 0.972 bits per heavy atom. The van der Waals surface area contributed by atoms with Crippen molar-refractivity contribution in [3.05, 3.63) is 65.2 Å². The molecule has 2 aromatic rings. The number of benzene rings is 2. The number of carbonyl (C=O) groups is 3. The first-order valence-electron chi connectivity index (χ1n) is 11.2. The maximum atomic E-state index is 13.7. The van der Waals surface area contributed by atoms with Gasteiger partial charge in [-0.05, 0) is 47.7 Å². The lowest BCUT2D eigenvalue weighted by Crippen LogP contribution is -2.50. The number of halogens is 2. The van der Waals surface area contributed by atoms with Crippen LogP contribution in [0.3, 0.4) is 0 Å². The van der Waals surface area contributed by atoms with Gasteiger partial charge in [-0.2, -0.15) is 0 Å². The highest BCUT2D eigenvalue weighted by Crippen LogP contribution is 2.19. The molecule has 0 heterocycles. The number of aliphatic carboxylic acids is 1. The van der Waals surface area contributed by atoms with Gasteiger partial charge in [0.05, 0.1) is 25.7 Å². The quantitative estimate of drug-likeness (QED) is 0.293. The molecule has 0 aliphatic rings. The molecule has 0 aliphatic carbocycles. The van der Waals surface area contributed by atoms with Crippen molar-refractivity contribution < 1.29 is 43.2 Å². The van der Waals surface area contributed by atoms with Crippen molar-refractivity contribution in [2.24, 2.45) is 5.92 Å². The van der Waals surface area contributed by atoms with Gasteiger partial charge in [0.1, 0.15) is 23.4 Å². The second kappa shape index (κ2) is 12.9. The number of aliphatic hydroxyl groups is 2. The van der Waals surface area contributed by atoms with E-state index in [-0.39, 0.29) is 17.5 Å². The van der Waals surface area contributed by atoms with Crippen LogP contribution in [0, 0.1) is 17.6 Å². The molecule has 4 atom stereocenters. The lowest BCUT2D eigenvalue weighted by atomic mass is 9.97. The first-order chi connectivity index (χ1) is 16.9. The Labute approximate surface area is 207 Å². The van der Waals surface area contributed by atoms with E-state index >= 15 is 0 Å². The molecule has 0 aromatic heterocycles. The first kappa shape index (κ1) is 28.7. The fraction of sp³-hybridized carbons (Fsp3) is 0.400. The van der Waals surface area contributed by atoms with Crippen LogP contribution >= 0.6 is 0 Å². The molecule has 0 fully saturated rings. The summed E-state index contributed by atoms with van der Waals surface area (Å²) in [7, 11) is 1.45. The highest BCUT2D eigenvalue weighted by molar-refractivity contribution is 5.84. The normalized spacial score (nSPS) is 14.4. The predicted octanol–water partition coefficient (Wildman–Crippen LogP) is 1.71. The minimum Gasteiger partial charge on any atom is -0.497 e. The zero-order valence-corrected chi connectivity index (χ0v) is 20.1. The molecule has 2 rings (SSSR count). The van der Waals surface area contributed by atoms with Crippen molar-refractivity contribution in [2.45, 2.75) is 51.0 Å². The fourth-order valence-electron chi connectivity index (χ4n) is 3.54. The van der Waals surface area contributed by atoms with E-state index in [2.05, 4.69) is 10.6 Å². The van der Waals surface area contributed by atoms with Crippen molar-refractivity contribution >= 4 is 17.8 Å². The van der Waals surface area contributed by atoms with E-state index in [1.54, 1.807) is 13.8 Å². The monoisotopic (exact) mass is 508 g/mol. The van der Waals surface area contributed by atoms with Gasteiger partial charge in [0, 0.05) is 6.07 Å². The van der Waals surface area contributed by atoms with Gasteiger partial charge in [0.25, 0.3) is 5.91 Å². The highest BCUT2D eigenvalue weighted by Gasteiger charge is 2.30. The number of hydrogen-bond acceptors (Lipinski definition) is 6. The molecule has 0 aliphatic heterocycles. The van der Waals surface area contributed by atoms with E-state index in [1.807, 2.05) is 0 Å². The van der Waals surface area contributed by atoms with Gasteiger partial charge >= 0.3 is 5.97 Å². The highest BCUT2D eigenvalue weighted by atomic mass is 19.1. The second-order valence-electron chi connectivity index (χ2n) is 8.67. The number of aliphatic hydroxyl groups excluding tert-OH is 2. The Hall–Kier alpha value is -3.57. The van der Waals surface area contributed by atoms with Gasteiger partial charge in [0.2, 0.25) is 5.91 Å². The third-order valence-corrected chi connectivity index (χ3v) is 5.49. The van der Waals surface area contributed by atoms with E-state index in [0.29, 0.717) is 11.8 Å². The maximum absolute atomic E-state index is 13.7. The van der Waals surface area contributed by atoms with Crippen LogP contribution in [0.5, 0.6) is 5.75 Å². The number of ether oxygens (including phenoxy) is 1. The standard InChI is InChI=1S/C25H30F2N2O7/c1-13(2)22(25(34)35)29-21(31)12-20(30)19(10-14-8-16(26)11-17(27)9-14)28-24(33)23(32)15-4-6-18(36-3)7-5-15/h4-9,11,13,19-20,22-23,30,32H,10,12H2,1-3H3,(H,28,33)(H,29,31)(H,34,35)/t19-,20-,22-,23?/m0/s1. The van der Waals surface area contributed by atoms with Gasteiger partial charge in [-0.1, -0.05) is 26.0 Å². The van der Waals surface area contributed by atoms with Crippen LogP contribution in [0.4, 0.5) is 8.78 Å². The molecule has 11 heteroatoms. The Morgan fingerprint density at radius 3 is 2.06 bits per heavy atom. The maximum Gasteiger partial charge on any atom is 0.326 e.